The monoisotopic (exact) mass is 472 g/mol. The van der Waals surface area contributed by atoms with Crippen LogP contribution in [-0.4, -0.2) is 23.4 Å². The molecule has 0 saturated heterocycles. The summed E-state index contributed by atoms with van der Waals surface area (Å²) in [5, 5.41) is 13.9. The molecule has 0 radical (unpaired) electrons. The fourth-order valence-electron chi connectivity index (χ4n) is 1.91. The van der Waals surface area contributed by atoms with Crippen molar-refractivity contribution in [2.75, 3.05) is 11.9 Å². The highest BCUT2D eigenvalue weighted by Crippen LogP contribution is 2.27. The SMILES string of the molecule is O=C(COC(=O)/C=C/c1c(Cl)cccc1Cl)Nc1ccc([N+](=O)[O-])cc1Br. The van der Waals surface area contributed by atoms with Crippen molar-refractivity contribution in [2.24, 2.45) is 0 Å². The Balaban J connectivity index is 1.91. The summed E-state index contributed by atoms with van der Waals surface area (Å²) in [6.45, 7) is -0.539. The number of amides is 1. The summed E-state index contributed by atoms with van der Waals surface area (Å²) in [6.07, 6.45) is 2.49. The van der Waals surface area contributed by atoms with Gasteiger partial charge in [-0.05, 0) is 40.2 Å². The van der Waals surface area contributed by atoms with Crippen LogP contribution in [0.3, 0.4) is 0 Å². The van der Waals surface area contributed by atoms with Gasteiger partial charge in [-0.15, -0.1) is 0 Å². The number of non-ortho nitro benzene ring substituents is 1. The second kappa shape index (κ2) is 9.50. The molecule has 1 N–H and O–H groups in total. The van der Waals surface area contributed by atoms with E-state index in [1.807, 2.05) is 0 Å². The molecule has 2 aromatic carbocycles. The lowest BCUT2D eigenvalue weighted by atomic mass is 10.2. The van der Waals surface area contributed by atoms with Gasteiger partial charge in [0.1, 0.15) is 0 Å². The number of nitrogens with zero attached hydrogens (tertiary/aromatic N) is 1. The molecule has 0 fully saturated rings. The van der Waals surface area contributed by atoms with E-state index in [0.29, 0.717) is 25.8 Å². The summed E-state index contributed by atoms with van der Waals surface area (Å²) in [6, 6.07) is 8.75. The first-order chi connectivity index (χ1) is 12.8. The van der Waals surface area contributed by atoms with Crippen molar-refractivity contribution in [2.45, 2.75) is 0 Å². The van der Waals surface area contributed by atoms with Gasteiger partial charge in [-0.3, -0.25) is 14.9 Å². The molecule has 1 amide bonds. The van der Waals surface area contributed by atoms with Crippen LogP contribution in [0.25, 0.3) is 6.08 Å². The molecule has 2 aromatic rings. The van der Waals surface area contributed by atoms with Crippen molar-refractivity contribution in [3.05, 3.63) is 72.7 Å². The lowest BCUT2D eigenvalue weighted by Gasteiger charge is -2.07. The first-order valence-electron chi connectivity index (χ1n) is 7.30. The van der Waals surface area contributed by atoms with Gasteiger partial charge in [0.05, 0.1) is 10.6 Å². The molecule has 2 rings (SSSR count). The van der Waals surface area contributed by atoms with E-state index in [-0.39, 0.29) is 5.69 Å². The van der Waals surface area contributed by atoms with E-state index >= 15 is 0 Å². The molecule has 10 heteroatoms. The summed E-state index contributed by atoms with van der Waals surface area (Å²) in [5.41, 5.74) is 0.631. The zero-order valence-electron chi connectivity index (χ0n) is 13.4. The number of anilines is 1. The Bertz CT molecular complexity index is 913. The van der Waals surface area contributed by atoms with Crippen molar-refractivity contribution in [3.63, 3.8) is 0 Å². The lowest BCUT2D eigenvalue weighted by Crippen LogP contribution is -2.20. The number of carbonyl (C=O) groups is 2. The molecule has 0 bridgehead atoms. The zero-order valence-corrected chi connectivity index (χ0v) is 16.5. The highest BCUT2D eigenvalue weighted by molar-refractivity contribution is 9.10. The predicted octanol–water partition coefficient (Wildman–Crippen LogP) is 4.86. The van der Waals surface area contributed by atoms with Gasteiger partial charge in [-0.25, -0.2) is 4.79 Å². The number of nitro groups is 1. The first-order valence-corrected chi connectivity index (χ1v) is 8.85. The Morgan fingerprint density at radius 3 is 2.48 bits per heavy atom. The largest absolute Gasteiger partial charge is 0.452 e. The van der Waals surface area contributed by atoms with Crippen LogP contribution >= 0.6 is 39.1 Å². The fraction of sp³-hybridized carbons (Fsp3) is 0.0588. The average Bonchev–Trinajstić information content (AvgIpc) is 2.61. The normalized spacial score (nSPS) is 10.6. The minimum absolute atomic E-state index is 0.130. The molecule has 0 unspecified atom stereocenters. The van der Waals surface area contributed by atoms with Crippen LogP contribution in [0.5, 0.6) is 0 Å². The number of ether oxygens (including phenoxy) is 1. The van der Waals surface area contributed by atoms with Crippen LogP contribution in [0.15, 0.2) is 46.9 Å². The van der Waals surface area contributed by atoms with Gasteiger partial charge < -0.3 is 10.1 Å². The van der Waals surface area contributed by atoms with Gasteiger partial charge in [0.2, 0.25) is 0 Å². The van der Waals surface area contributed by atoms with Crippen molar-refractivity contribution >= 4 is 68.5 Å². The molecular weight excluding hydrogens is 463 g/mol. The highest BCUT2D eigenvalue weighted by Gasteiger charge is 2.12. The van der Waals surface area contributed by atoms with Gasteiger partial charge in [0.15, 0.2) is 6.61 Å². The average molecular weight is 474 g/mol. The minimum atomic E-state index is -0.760. The first kappa shape index (κ1) is 20.9. The van der Waals surface area contributed by atoms with E-state index < -0.39 is 23.4 Å². The van der Waals surface area contributed by atoms with Crippen LogP contribution in [0, 0.1) is 10.1 Å². The molecule has 0 spiro atoms. The Hall–Kier alpha value is -2.42. The number of esters is 1. The Labute approximate surface area is 172 Å². The molecule has 27 heavy (non-hydrogen) atoms. The summed E-state index contributed by atoms with van der Waals surface area (Å²) in [7, 11) is 0. The molecule has 0 heterocycles. The van der Waals surface area contributed by atoms with Crippen LogP contribution in [-0.2, 0) is 14.3 Å². The van der Waals surface area contributed by atoms with Gasteiger partial charge in [0, 0.05) is 38.3 Å². The van der Waals surface area contributed by atoms with Crippen molar-refractivity contribution in [3.8, 4) is 0 Å². The Kier molecular flexibility index (Phi) is 7.35. The van der Waals surface area contributed by atoms with Crippen LogP contribution in [0.1, 0.15) is 5.56 Å². The molecule has 0 aliphatic carbocycles. The van der Waals surface area contributed by atoms with Crippen molar-refractivity contribution < 1.29 is 19.2 Å². The van der Waals surface area contributed by atoms with E-state index in [4.69, 9.17) is 27.9 Å². The van der Waals surface area contributed by atoms with Crippen LogP contribution in [0.4, 0.5) is 11.4 Å². The fourth-order valence-corrected chi connectivity index (χ4v) is 2.90. The summed E-state index contributed by atoms with van der Waals surface area (Å²) in [4.78, 5) is 33.7. The summed E-state index contributed by atoms with van der Waals surface area (Å²) >= 11 is 15.1. The maximum absolute atomic E-state index is 11.9. The second-order valence-electron chi connectivity index (χ2n) is 5.05. The number of carbonyl (C=O) groups excluding carboxylic acids is 2. The van der Waals surface area contributed by atoms with E-state index in [1.165, 1.54) is 24.3 Å². The van der Waals surface area contributed by atoms with Crippen molar-refractivity contribution in [1.82, 2.24) is 0 Å². The van der Waals surface area contributed by atoms with E-state index in [9.17, 15) is 19.7 Å². The molecular formula is C17H11BrCl2N2O5. The second-order valence-corrected chi connectivity index (χ2v) is 6.71. The van der Waals surface area contributed by atoms with Crippen molar-refractivity contribution in [1.29, 1.82) is 0 Å². The number of nitrogens with one attached hydrogen (secondary N) is 1. The maximum atomic E-state index is 11.9. The number of rotatable bonds is 6. The molecule has 7 nitrogen and oxygen atoms in total. The zero-order chi connectivity index (χ0) is 20.0. The van der Waals surface area contributed by atoms with Crippen LogP contribution < -0.4 is 5.32 Å². The third kappa shape index (κ3) is 6.06. The van der Waals surface area contributed by atoms with E-state index in [2.05, 4.69) is 21.2 Å². The standard InChI is InChI=1S/C17H11BrCl2N2O5/c18-12-8-10(22(25)26)4-6-15(12)21-16(23)9-27-17(24)7-5-11-13(19)2-1-3-14(11)20/h1-8H,9H2,(H,21,23)/b7-5+. The number of benzene rings is 2. The quantitative estimate of drug-likeness (QED) is 0.279. The minimum Gasteiger partial charge on any atom is -0.452 e. The molecule has 0 aromatic heterocycles. The van der Waals surface area contributed by atoms with Gasteiger partial charge in [0.25, 0.3) is 11.6 Å². The van der Waals surface area contributed by atoms with E-state index in [1.54, 1.807) is 18.2 Å². The summed E-state index contributed by atoms with van der Waals surface area (Å²) in [5.74, 6) is -1.37. The number of nitro benzene ring substituents is 1. The molecule has 0 aliphatic heterocycles. The number of halogens is 3. The third-order valence-corrected chi connectivity index (χ3v) is 4.48. The Morgan fingerprint density at radius 1 is 1.22 bits per heavy atom. The topological polar surface area (TPSA) is 98.5 Å². The van der Waals surface area contributed by atoms with Crippen LogP contribution in [0.2, 0.25) is 10.0 Å². The van der Waals surface area contributed by atoms with Gasteiger partial charge in [-0.2, -0.15) is 0 Å². The third-order valence-electron chi connectivity index (χ3n) is 3.17. The highest BCUT2D eigenvalue weighted by atomic mass is 79.9. The maximum Gasteiger partial charge on any atom is 0.331 e. The van der Waals surface area contributed by atoms with Gasteiger partial charge >= 0.3 is 5.97 Å². The van der Waals surface area contributed by atoms with Gasteiger partial charge in [-0.1, -0.05) is 29.3 Å². The number of hydrogen-bond acceptors (Lipinski definition) is 5. The molecule has 0 aliphatic rings. The summed E-state index contributed by atoms with van der Waals surface area (Å²) < 4.78 is 5.16. The molecule has 140 valence electrons. The van der Waals surface area contributed by atoms with E-state index in [0.717, 1.165) is 6.08 Å². The molecule has 0 atom stereocenters. The lowest BCUT2D eigenvalue weighted by molar-refractivity contribution is -0.384. The Morgan fingerprint density at radius 2 is 1.89 bits per heavy atom. The number of hydrogen-bond donors (Lipinski definition) is 1. The molecule has 0 saturated carbocycles. The predicted molar refractivity (Wildman–Crippen MR) is 106 cm³/mol. The smallest absolute Gasteiger partial charge is 0.331 e.